The number of carbonyl (C=O) groups excluding carboxylic acids is 2. The third kappa shape index (κ3) is 3.87. The molecule has 2 rings (SSSR count). The minimum atomic E-state index is -0.182. The lowest BCUT2D eigenvalue weighted by Gasteiger charge is -2.19. The fraction of sp³-hybridized carbons (Fsp3) is 0.125. The Morgan fingerprint density at radius 3 is 2.32 bits per heavy atom. The molecule has 0 atom stereocenters. The molecule has 2 amide bonds. The molecule has 0 bridgehead atoms. The van der Waals surface area contributed by atoms with Crippen LogP contribution < -0.4 is 10.2 Å². The lowest BCUT2D eigenvalue weighted by molar-refractivity contribution is -0.114. The maximum atomic E-state index is 12.5. The Morgan fingerprint density at radius 1 is 1.14 bits per heavy atom. The Hall–Kier alpha value is -1.85. The molecule has 114 valence electrons. The number of halogens is 2. The highest BCUT2D eigenvalue weighted by atomic mass is 79.9. The van der Waals surface area contributed by atoms with Gasteiger partial charge in [0.25, 0.3) is 5.91 Å². The highest BCUT2D eigenvalue weighted by Crippen LogP contribution is 2.29. The molecule has 0 aromatic heterocycles. The van der Waals surface area contributed by atoms with Crippen LogP contribution >= 0.6 is 27.5 Å². The second-order valence-corrected chi connectivity index (χ2v) is 6.04. The van der Waals surface area contributed by atoms with Crippen LogP contribution in [-0.4, -0.2) is 18.9 Å². The molecule has 0 unspecified atom stereocenters. The number of nitrogens with one attached hydrogen (secondary N) is 1. The predicted octanol–water partition coefficient (Wildman–Crippen LogP) is 4.34. The van der Waals surface area contributed by atoms with Crippen molar-refractivity contribution in [3.63, 3.8) is 0 Å². The van der Waals surface area contributed by atoms with Crippen molar-refractivity contribution in [3.8, 4) is 0 Å². The van der Waals surface area contributed by atoms with E-state index in [-0.39, 0.29) is 11.8 Å². The standard InChI is InChI=1S/C16H14BrClN2O2/c1-10(21)19-13-6-3-11(4-7-13)16(22)20(2)15-8-5-12(17)9-14(15)18/h3-9H,1-2H3,(H,19,21). The molecule has 2 aromatic carbocycles. The van der Waals surface area contributed by atoms with Gasteiger partial charge in [-0.3, -0.25) is 9.59 Å². The van der Waals surface area contributed by atoms with Gasteiger partial charge >= 0.3 is 0 Å². The number of benzene rings is 2. The van der Waals surface area contributed by atoms with Gasteiger partial charge in [-0.15, -0.1) is 0 Å². The van der Waals surface area contributed by atoms with Crippen molar-refractivity contribution in [2.24, 2.45) is 0 Å². The lowest BCUT2D eigenvalue weighted by Crippen LogP contribution is -2.26. The first-order valence-corrected chi connectivity index (χ1v) is 7.66. The van der Waals surface area contributed by atoms with Crippen LogP contribution in [0.1, 0.15) is 17.3 Å². The Balaban J connectivity index is 2.21. The van der Waals surface area contributed by atoms with Crippen molar-refractivity contribution in [3.05, 3.63) is 57.5 Å². The van der Waals surface area contributed by atoms with Crippen molar-refractivity contribution < 1.29 is 9.59 Å². The Morgan fingerprint density at radius 2 is 1.77 bits per heavy atom. The number of rotatable bonds is 3. The molecule has 0 saturated carbocycles. The van der Waals surface area contributed by atoms with Crippen molar-refractivity contribution in [2.45, 2.75) is 6.92 Å². The van der Waals surface area contributed by atoms with E-state index in [4.69, 9.17) is 11.6 Å². The maximum absolute atomic E-state index is 12.5. The zero-order valence-electron chi connectivity index (χ0n) is 12.1. The minimum Gasteiger partial charge on any atom is -0.326 e. The van der Waals surface area contributed by atoms with E-state index in [1.165, 1.54) is 11.8 Å². The first-order valence-electron chi connectivity index (χ1n) is 6.49. The van der Waals surface area contributed by atoms with Gasteiger partial charge in [0, 0.05) is 29.7 Å². The second-order valence-electron chi connectivity index (χ2n) is 4.72. The first-order chi connectivity index (χ1) is 10.4. The number of hydrogen-bond acceptors (Lipinski definition) is 2. The van der Waals surface area contributed by atoms with E-state index in [9.17, 15) is 9.59 Å². The fourth-order valence-electron chi connectivity index (χ4n) is 1.96. The van der Waals surface area contributed by atoms with Crippen LogP contribution in [0, 0.1) is 0 Å². The number of hydrogen-bond donors (Lipinski definition) is 1. The summed E-state index contributed by atoms with van der Waals surface area (Å²) < 4.78 is 0.849. The maximum Gasteiger partial charge on any atom is 0.258 e. The highest BCUT2D eigenvalue weighted by Gasteiger charge is 2.16. The van der Waals surface area contributed by atoms with Crippen LogP contribution in [0.25, 0.3) is 0 Å². The Bertz CT molecular complexity index is 717. The van der Waals surface area contributed by atoms with Gasteiger partial charge in [0.05, 0.1) is 10.7 Å². The van der Waals surface area contributed by atoms with Crippen molar-refractivity contribution in [1.29, 1.82) is 0 Å². The van der Waals surface area contributed by atoms with Crippen molar-refractivity contribution in [1.82, 2.24) is 0 Å². The molecule has 0 spiro atoms. The van der Waals surface area contributed by atoms with Crippen LogP contribution in [0.5, 0.6) is 0 Å². The Labute approximate surface area is 142 Å². The summed E-state index contributed by atoms with van der Waals surface area (Å²) in [6.07, 6.45) is 0. The molecule has 1 N–H and O–H groups in total. The van der Waals surface area contributed by atoms with Crippen LogP contribution in [0.4, 0.5) is 11.4 Å². The summed E-state index contributed by atoms with van der Waals surface area (Å²) in [7, 11) is 1.67. The van der Waals surface area contributed by atoms with Gasteiger partial charge in [0.15, 0.2) is 0 Å². The fourth-order valence-corrected chi connectivity index (χ4v) is 2.76. The second kappa shape index (κ2) is 6.94. The summed E-state index contributed by atoms with van der Waals surface area (Å²) >= 11 is 9.50. The molecule has 0 saturated heterocycles. The molecule has 22 heavy (non-hydrogen) atoms. The van der Waals surface area contributed by atoms with Crippen LogP contribution in [0.15, 0.2) is 46.9 Å². The van der Waals surface area contributed by atoms with Gasteiger partial charge < -0.3 is 10.2 Å². The third-order valence-corrected chi connectivity index (χ3v) is 3.82. The molecular formula is C16H14BrClN2O2. The van der Waals surface area contributed by atoms with Crippen LogP contribution in [0.3, 0.4) is 0 Å². The zero-order chi connectivity index (χ0) is 16.3. The van der Waals surface area contributed by atoms with E-state index in [2.05, 4.69) is 21.2 Å². The quantitative estimate of drug-likeness (QED) is 0.860. The summed E-state index contributed by atoms with van der Waals surface area (Å²) in [6, 6.07) is 12.0. The summed E-state index contributed by atoms with van der Waals surface area (Å²) in [5.74, 6) is -0.337. The van der Waals surface area contributed by atoms with Gasteiger partial charge in [0.2, 0.25) is 5.91 Å². The molecule has 0 aliphatic heterocycles. The number of carbonyl (C=O) groups is 2. The molecule has 0 heterocycles. The third-order valence-electron chi connectivity index (χ3n) is 3.03. The van der Waals surface area contributed by atoms with E-state index in [1.807, 2.05) is 6.07 Å². The topological polar surface area (TPSA) is 49.4 Å². The van der Waals surface area contributed by atoms with E-state index >= 15 is 0 Å². The molecular weight excluding hydrogens is 368 g/mol. The molecule has 2 aromatic rings. The van der Waals surface area contributed by atoms with Crippen molar-refractivity contribution >= 4 is 50.7 Å². The van der Waals surface area contributed by atoms with E-state index in [1.54, 1.807) is 43.4 Å². The molecule has 0 aliphatic carbocycles. The smallest absolute Gasteiger partial charge is 0.258 e. The molecule has 6 heteroatoms. The summed E-state index contributed by atoms with van der Waals surface area (Å²) in [5.41, 5.74) is 1.78. The number of anilines is 2. The van der Waals surface area contributed by atoms with E-state index in [0.717, 1.165) is 4.47 Å². The van der Waals surface area contributed by atoms with Gasteiger partial charge in [-0.1, -0.05) is 27.5 Å². The number of amides is 2. The summed E-state index contributed by atoms with van der Waals surface area (Å²) in [5, 5.41) is 3.14. The van der Waals surface area contributed by atoms with E-state index in [0.29, 0.717) is 22.0 Å². The van der Waals surface area contributed by atoms with Crippen molar-refractivity contribution in [2.75, 3.05) is 17.3 Å². The molecule has 0 radical (unpaired) electrons. The lowest BCUT2D eigenvalue weighted by atomic mass is 10.1. The predicted molar refractivity (Wildman–Crippen MR) is 92.6 cm³/mol. The largest absolute Gasteiger partial charge is 0.326 e. The molecule has 0 fully saturated rings. The zero-order valence-corrected chi connectivity index (χ0v) is 14.4. The normalized spacial score (nSPS) is 10.2. The molecule has 4 nitrogen and oxygen atoms in total. The average molecular weight is 382 g/mol. The summed E-state index contributed by atoms with van der Waals surface area (Å²) in [6.45, 7) is 1.43. The first kappa shape index (κ1) is 16.5. The number of nitrogens with zero attached hydrogens (tertiary/aromatic N) is 1. The Kier molecular flexibility index (Phi) is 5.21. The SMILES string of the molecule is CC(=O)Nc1ccc(C(=O)N(C)c2ccc(Br)cc2Cl)cc1. The summed E-state index contributed by atoms with van der Waals surface area (Å²) in [4.78, 5) is 25.0. The van der Waals surface area contributed by atoms with Gasteiger partial charge in [-0.2, -0.15) is 0 Å². The monoisotopic (exact) mass is 380 g/mol. The van der Waals surface area contributed by atoms with Crippen LogP contribution in [-0.2, 0) is 4.79 Å². The molecule has 0 aliphatic rings. The minimum absolute atomic E-state index is 0.155. The van der Waals surface area contributed by atoms with Gasteiger partial charge in [0.1, 0.15) is 0 Å². The van der Waals surface area contributed by atoms with Gasteiger partial charge in [-0.05, 0) is 42.5 Å². The van der Waals surface area contributed by atoms with Gasteiger partial charge in [-0.25, -0.2) is 0 Å². The van der Waals surface area contributed by atoms with Crippen LogP contribution in [0.2, 0.25) is 5.02 Å². The van der Waals surface area contributed by atoms with E-state index < -0.39 is 0 Å². The average Bonchev–Trinajstić information content (AvgIpc) is 2.46. The highest BCUT2D eigenvalue weighted by molar-refractivity contribution is 9.10.